The highest BCUT2D eigenvalue weighted by molar-refractivity contribution is 6.06. The van der Waals surface area contributed by atoms with E-state index in [2.05, 4.69) is 10.2 Å². The molecule has 0 radical (unpaired) electrons. The third-order valence-electron chi connectivity index (χ3n) is 5.64. The highest BCUT2D eigenvalue weighted by Crippen LogP contribution is 2.39. The van der Waals surface area contributed by atoms with Gasteiger partial charge in [0.2, 0.25) is 5.82 Å². The van der Waals surface area contributed by atoms with Crippen molar-refractivity contribution in [1.82, 2.24) is 4.57 Å². The predicted molar refractivity (Wildman–Crippen MR) is 97.7 cm³/mol. The molecule has 3 rings (SSSR count). The number of aromatic nitrogens is 2. The smallest absolute Gasteiger partial charge is 0.374 e. The second kappa shape index (κ2) is 6.00. The molecular weight excluding hydrogens is 332 g/mol. The van der Waals surface area contributed by atoms with E-state index in [1.165, 1.54) is 0 Å². The van der Waals surface area contributed by atoms with E-state index in [0.29, 0.717) is 35.9 Å². The monoisotopic (exact) mass is 358 g/mol. The third-order valence-corrected chi connectivity index (χ3v) is 5.64. The van der Waals surface area contributed by atoms with Gasteiger partial charge < -0.3 is 15.2 Å². The lowest BCUT2D eigenvalue weighted by Gasteiger charge is -2.26. The molecule has 0 aromatic carbocycles. The van der Waals surface area contributed by atoms with Crippen LogP contribution in [0.4, 0.5) is 11.8 Å². The Kier molecular flexibility index (Phi) is 4.21. The second-order valence-electron chi connectivity index (χ2n) is 7.32. The molecule has 0 bridgehead atoms. The Morgan fingerprint density at radius 1 is 1.38 bits per heavy atom. The first-order chi connectivity index (χ1) is 12.2. The molecule has 0 saturated heterocycles. The van der Waals surface area contributed by atoms with Gasteiger partial charge in [-0.2, -0.15) is 4.40 Å². The van der Waals surface area contributed by atoms with Crippen LogP contribution >= 0.6 is 0 Å². The number of carbonyl (C=O) groups is 2. The summed E-state index contributed by atoms with van der Waals surface area (Å²) in [4.78, 5) is 27.3. The molecule has 140 valence electrons. The lowest BCUT2D eigenvalue weighted by molar-refractivity contribution is -0.498. The molecule has 7 nitrogen and oxygen atoms in total. The second-order valence-corrected chi connectivity index (χ2v) is 7.32. The minimum Gasteiger partial charge on any atom is -0.545 e. The van der Waals surface area contributed by atoms with Crippen molar-refractivity contribution in [2.75, 3.05) is 23.3 Å². The highest BCUT2D eigenvalue weighted by atomic mass is 16.4. The summed E-state index contributed by atoms with van der Waals surface area (Å²) in [6, 6.07) is 1.74. The molecule has 1 aliphatic rings. The molecule has 2 aromatic heterocycles. The number of nitrogens with one attached hydrogen (secondary N) is 1. The van der Waals surface area contributed by atoms with E-state index in [0.717, 1.165) is 0 Å². The Hall–Kier alpha value is -2.57. The van der Waals surface area contributed by atoms with Gasteiger partial charge in [0.05, 0.1) is 25.3 Å². The molecular formula is C19H26N4O3. The summed E-state index contributed by atoms with van der Waals surface area (Å²) < 4.78 is 3.42. The Balaban J connectivity index is 2.46. The molecule has 1 N–H and O–H groups in total. The van der Waals surface area contributed by atoms with Gasteiger partial charge in [0.1, 0.15) is 5.54 Å². The number of carboxylic acids is 1. The summed E-state index contributed by atoms with van der Waals surface area (Å²) in [5.74, 6) is -0.0846. The Morgan fingerprint density at radius 2 is 2.00 bits per heavy atom. The summed E-state index contributed by atoms with van der Waals surface area (Å²) in [6.45, 7) is 13.0. The van der Waals surface area contributed by atoms with Crippen molar-refractivity contribution in [2.24, 2.45) is 5.92 Å². The SMILES string of the molecule is CCN(CC)c1n2c(c3c(C(=O)[O-])c(C)cc[n+]13)NC(C)(C(C)C)C2=O. The van der Waals surface area contributed by atoms with Gasteiger partial charge in [0.15, 0.2) is 5.52 Å². The summed E-state index contributed by atoms with van der Waals surface area (Å²) in [7, 11) is 0. The molecule has 1 atom stereocenters. The third kappa shape index (κ3) is 2.22. The van der Waals surface area contributed by atoms with Gasteiger partial charge in [-0.1, -0.05) is 13.8 Å². The zero-order valence-electron chi connectivity index (χ0n) is 16.2. The number of anilines is 2. The average Bonchev–Trinajstić information content (AvgIpc) is 3.02. The Morgan fingerprint density at radius 3 is 2.50 bits per heavy atom. The van der Waals surface area contributed by atoms with Gasteiger partial charge >= 0.3 is 11.9 Å². The van der Waals surface area contributed by atoms with Crippen molar-refractivity contribution in [2.45, 2.75) is 47.1 Å². The normalized spacial score (nSPS) is 19.1. The lowest BCUT2D eigenvalue weighted by Crippen LogP contribution is -2.47. The van der Waals surface area contributed by atoms with Crippen LogP contribution in [0.15, 0.2) is 12.3 Å². The van der Waals surface area contributed by atoms with E-state index in [1.807, 2.05) is 40.8 Å². The number of aryl methyl sites for hydroxylation is 1. The number of pyridine rings is 1. The van der Waals surface area contributed by atoms with Gasteiger partial charge in [-0.25, -0.2) is 0 Å². The van der Waals surface area contributed by atoms with Crippen LogP contribution in [-0.4, -0.2) is 35.1 Å². The minimum atomic E-state index is -1.24. The summed E-state index contributed by atoms with van der Waals surface area (Å²) in [5, 5.41) is 15.2. The fourth-order valence-electron chi connectivity index (χ4n) is 3.65. The quantitative estimate of drug-likeness (QED) is 0.813. The maximum absolute atomic E-state index is 13.4. The van der Waals surface area contributed by atoms with Crippen molar-refractivity contribution in [3.63, 3.8) is 0 Å². The van der Waals surface area contributed by atoms with E-state index < -0.39 is 11.5 Å². The zero-order chi connectivity index (χ0) is 19.4. The first-order valence-corrected chi connectivity index (χ1v) is 9.07. The largest absolute Gasteiger partial charge is 0.545 e. The molecule has 2 aromatic rings. The number of carboxylic acid groups (broad SMARTS) is 1. The molecule has 0 saturated carbocycles. The Bertz CT molecular complexity index is 911. The van der Waals surface area contributed by atoms with Crippen molar-refractivity contribution in [1.29, 1.82) is 0 Å². The minimum absolute atomic E-state index is 0.0377. The number of aromatic carboxylic acids is 1. The molecule has 26 heavy (non-hydrogen) atoms. The van der Waals surface area contributed by atoms with E-state index in [9.17, 15) is 14.7 Å². The molecule has 0 fully saturated rings. The van der Waals surface area contributed by atoms with Gasteiger partial charge in [0.25, 0.3) is 0 Å². The van der Waals surface area contributed by atoms with Gasteiger partial charge in [-0.05, 0) is 45.2 Å². The van der Waals surface area contributed by atoms with E-state index in [1.54, 1.807) is 22.0 Å². The molecule has 3 heterocycles. The van der Waals surface area contributed by atoms with Gasteiger partial charge in [0, 0.05) is 5.56 Å². The van der Waals surface area contributed by atoms with E-state index in [-0.39, 0.29) is 17.4 Å². The number of hydrogen-bond acceptors (Lipinski definition) is 5. The first-order valence-electron chi connectivity index (χ1n) is 9.07. The standard InChI is InChI=1S/C19H26N4O3/c1-7-21(8-2)18-22-10-9-12(5)13(16(24)25)14(22)15-20-19(6,11(3)4)17(26)23(15)18/h9-11,20H,7-8H2,1-6H3. The van der Waals surface area contributed by atoms with Crippen LogP contribution in [0.5, 0.6) is 0 Å². The van der Waals surface area contributed by atoms with Crippen LogP contribution < -0.4 is 19.7 Å². The molecule has 0 amide bonds. The van der Waals surface area contributed by atoms with Crippen LogP contribution in [0.1, 0.15) is 55.3 Å². The topological polar surface area (TPSA) is 81.5 Å². The Labute approximate surface area is 153 Å². The number of nitrogens with zero attached hydrogens (tertiary/aromatic N) is 3. The van der Waals surface area contributed by atoms with Gasteiger partial charge in [-0.3, -0.25) is 9.69 Å². The average molecular weight is 358 g/mol. The summed E-state index contributed by atoms with van der Waals surface area (Å²) >= 11 is 0. The van der Waals surface area contributed by atoms with Crippen molar-refractivity contribution >= 4 is 29.2 Å². The molecule has 1 aliphatic heterocycles. The molecule has 7 heteroatoms. The van der Waals surface area contributed by atoms with Crippen LogP contribution in [0, 0.1) is 12.8 Å². The lowest BCUT2D eigenvalue weighted by atomic mass is 9.88. The van der Waals surface area contributed by atoms with Crippen molar-refractivity contribution in [3.8, 4) is 0 Å². The number of carbonyl (C=O) groups excluding carboxylic acids is 2. The molecule has 0 spiro atoms. The molecule has 0 aliphatic carbocycles. The summed E-state index contributed by atoms with van der Waals surface area (Å²) in [5.41, 5.74) is 0.406. The maximum atomic E-state index is 13.4. The zero-order valence-corrected chi connectivity index (χ0v) is 16.2. The van der Waals surface area contributed by atoms with Crippen LogP contribution in [0.3, 0.4) is 0 Å². The predicted octanol–water partition coefficient (Wildman–Crippen LogP) is 1.23. The number of imidazole rings is 1. The van der Waals surface area contributed by atoms with E-state index >= 15 is 0 Å². The van der Waals surface area contributed by atoms with Crippen LogP contribution in [-0.2, 0) is 0 Å². The number of rotatable bonds is 5. The highest BCUT2D eigenvalue weighted by Gasteiger charge is 2.52. The van der Waals surface area contributed by atoms with E-state index in [4.69, 9.17) is 0 Å². The summed E-state index contributed by atoms with van der Waals surface area (Å²) in [6.07, 6.45) is 1.82. The van der Waals surface area contributed by atoms with Gasteiger partial charge in [-0.15, -0.1) is 4.57 Å². The fraction of sp³-hybridized carbons (Fsp3) is 0.526. The fourth-order valence-corrected chi connectivity index (χ4v) is 3.65. The number of fused-ring (bicyclic) bond motifs is 3. The van der Waals surface area contributed by atoms with Crippen LogP contribution in [0.25, 0.3) is 5.52 Å². The number of hydrogen-bond donors (Lipinski definition) is 1. The van der Waals surface area contributed by atoms with Crippen molar-refractivity contribution in [3.05, 3.63) is 23.4 Å². The maximum Gasteiger partial charge on any atom is 0.374 e. The first kappa shape index (κ1) is 18.2. The van der Waals surface area contributed by atoms with Crippen molar-refractivity contribution < 1.29 is 19.1 Å². The van der Waals surface area contributed by atoms with Crippen LogP contribution in [0.2, 0.25) is 0 Å². The molecule has 1 unspecified atom stereocenters.